The zero-order chi connectivity index (χ0) is 30.7. The maximum absolute atomic E-state index is 12.3. The van der Waals surface area contributed by atoms with Crippen molar-refractivity contribution in [1.29, 1.82) is 0 Å². The summed E-state index contributed by atoms with van der Waals surface area (Å²) in [6.07, 6.45) is 0.206. The summed E-state index contributed by atoms with van der Waals surface area (Å²) in [4.78, 5) is 63.5. The van der Waals surface area contributed by atoms with E-state index in [9.17, 15) is 29.1 Å². The van der Waals surface area contributed by atoms with Crippen molar-refractivity contribution < 1.29 is 48.0 Å². The second-order valence-corrected chi connectivity index (χ2v) is 10.4. The van der Waals surface area contributed by atoms with Gasteiger partial charge in [0.25, 0.3) is 0 Å². The number of rotatable bonds is 22. The fourth-order valence-corrected chi connectivity index (χ4v) is 3.10. The molecule has 0 spiro atoms. The third-order valence-electron chi connectivity index (χ3n) is 6.11. The molecular weight excluding hydrogens is 526 g/mol. The quantitative estimate of drug-likeness (QED) is 0.183. The first-order chi connectivity index (χ1) is 18.7. The number of ether oxygens (including phenoxy) is 4. The Morgan fingerprint density at radius 1 is 0.700 bits per heavy atom. The van der Waals surface area contributed by atoms with Gasteiger partial charge in [-0.25, -0.2) is 4.79 Å². The third-order valence-corrected chi connectivity index (χ3v) is 6.11. The first-order valence-electron chi connectivity index (χ1n) is 13.5. The smallest absolute Gasteiger partial charge is 0.326 e. The van der Waals surface area contributed by atoms with E-state index in [-0.39, 0.29) is 75.8 Å². The number of aliphatic carboxylic acids is 1. The van der Waals surface area contributed by atoms with E-state index in [0.29, 0.717) is 32.9 Å². The lowest BCUT2D eigenvalue weighted by molar-refractivity contribution is -0.149. The van der Waals surface area contributed by atoms with Crippen molar-refractivity contribution in [3.05, 3.63) is 0 Å². The van der Waals surface area contributed by atoms with Crippen LogP contribution in [-0.2, 0) is 42.9 Å². The highest BCUT2D eigenvalue weighted by Gasteiger charge is 2.26. The largest absolute Gasteiger partial charge is 0.480 e. The van der Waals surface area contributed by atoms with Gasteiger partial charge in [-0.05, 0) is 6.42 Å². The third kappa shape index (κ3) is 16.5. The summed E-state index contributed by atoms with van der Waals surface area (Å²) in [5.74, 6) is -1.86. The number of Topliss-reactive ketones (excluding diaryl/α,β-unsaturated/α-hetero) is 1. The second kappa shape index (κ2) is 20.3. The highest BCUT2D eigenvalue weighted by molar-refractivity contribution is 5.85. The molecule has 0 saturated carbocycles. The fourth-order valence-electron chi connectivity index (χ4n) is 3.10. The maximum atomic E-state index is 12.3. The standard InChI is InChI=1S/C27H49N3O10/c1-8-23(32)30(7)21(26(35)36)9-10-24(33)28(5)11-13-37-16-18-40-20-25(34)29(6)12-14-38-15-17-39-19-22(31)27(2,3)4/h21H,8-20H2,1-7H3,(H,35,36)/t21-/m0/s1. The second-order valence-electron chi connectivity index (χ2n) is 10.4. The molecule has 0 heterocycles. The van der Waals surface area contributed by atoms with Gasteiger partial charge in [0.2, 0.25) is 17.7 Å². The summed E-state index contributed by atoms with van der Waals surface area (Å²) in [5, 5.41) is 9.36. The van der Waals surface area contributed by atoms with E-state index in [0.717, 1.165) is 4.90 Å². The molecule has 232 valence electrons. The molecule has 0 rings (SSSR count). The normalized spacial score (nSPS) is 12.1. The van der Waals surface area contributed by atoms with Crippen LogP contribution in [0.25, 0.3) is 0 Å². The molecule has 0 aliphatic rings. The van der Waals surface area contributed by atoms with Gasteiger partial charge in [0.05, 0.1) is 39.6 Å². The van der Waals surface area contributed by atoms with Gasteiger partial charge in [0, 0.05) is 52.5 Å². The Morgan fingerprint density at radius 2 is 1.18 bits per heavy atom. The number of hydrogen-bond donors (Lipinski definition) is 1. The zero-order valence-electron chi connectivity index (χ0n) is 25.2. The molecule has 0 aliphatic heterocycles. The molecule has 1 N–H and O–H groups in total. The lowest BCUT2D eigenvalue weighted by Gasteiger charge is -2.25. The topological polar surface area (TPSA) is 152 Å². The molecule has 13 nitrogen and oxygen atoms in total. The monoisotopic (exact) mass is 575 g/mol. The van der Waals surface area contributed by atoms with Crippen molar-refractivity contribution in [3.8, 4) is 0 Å². The minimum absolute atomic E-state index is 0.00911. The highest BCUT2D eigenvalue weighted by Crippen LogP contribution is 2.14. The highest BCUT2D eigenvalue weighted by atomic mass is 16.5. The molecule has 0 aromatic carbocycles. The van der Waals surface area contributed by atoms with Gasteiger partial charge in [0.1, 0.15) is 19.3 Å². The number of carbonyl (C=O) groups excluding carboxylic acids is 4. The van der Waals surface area contributed by atoms with E-state index >= 15 is 0 Å². The molecule has 0 fully saturated rings. The Hall–Kier alpha value is -2.61. The molecule has 0 bridgehead atoms. The first kappa shape index (κ1) is 37.4. The molecule has 0 saturated heterocycles. The summed E-state index contributed by atoms with van der Waals surface area (Å²) in [5.41, 5.74) is -0.429. The van der Waals surface area contributed by atoms with E-state index < -0.39 is 17.4 Å². The molecule has 0 aliphatic carbocycles. The summed E-state index contributed by atoms with van der Waals surface area (Å²) in [6, 6.07) is -1.05. The number of ketones is 1. The molecule has 1 atom stereocenters. The average Bonchev–Trinajstić information content (AvgIpc) is 2.89. The van der Waals surface area contributed by atoms with Gasteiger partial charge in [0.15, 0.2) is 5.78 Å². The Morgan fingerprint density at radius 3 is 1.65 bits per heavy atom. The van der Waals surface area contributed by atoms with Crippen molar-refractivity contribution in [2.24, 2.45) is 5.41 Å². The van der Waals surface area contributed by atoms with Crippen LogP contribution in [0.2, 0.25) is 0 Å². The number of carbonyl (C=O) groups is 5. The minimum atomic E-state index is -1.15. The van der Waals surface area contributed by atoms with E-state index in [1.807, 2.05) is 20.8 Å². The fraction of sp³-hybridized carbons (Fsp3) is 0.815. The van der Waals surface area contributed by atoms with Crippen LogP contribution >= 0.6 is 0 Å². The van der Waals surface area contributed by atoms with Gasteiger partial charge < -0.3 is 38.8 Å². The molecule has 40 heavy (non-hydrogen) atoms. The van der Waals surface area contributed by atoms with Gasteiger partial charge in [-0.1, -0.05) is 27.7 Å². The predicted octanol–water partition coefficient (Wildman–Crippen LogP) is 0.687. The van der Waals surface area contributed by atoms with Crippen LogP contribution in [0.4, 0.5) is 0 Å². The van der Waals surface area contributed by atoms with Gasteiger partial charge in [-0.3, -0.25) is 19.2 Å². The number of carboxylic acids is 1. The van der Waals surface area contributed by atoms with E-state index in [1.165, 1.54) is 16.8 Å². The molecule has 0 radical (unpaired) electrons. The molecule has 0 aromatic heterocycles. The molecule has 13 heteroatoms. The van der Waals surface area contributed by atoms with E-state index in [4.69, 9.17) is 18.9 Å². The molecule has 0 aromatic rings. The Kier molecular flexibility index (Phi) is 19.0. The van der Waals surface area contributed by atoms with Crippen LogP contribution in [-0.4, -0.2) is 142 Å². The van der Waals surface area contributed by atoms with Crippen LogP contribution in [0.1, 0.15) is 47.0 Å². The Bertz CT molecular complexity index is 800. The van der Waals surface area contributed by atoms with Gasteiger partial charge >= 0.3 is 5.97 Å². The number of nitrogens with zero attached hydrogens (tertiary/aromatic N) is 3. The van der Waals surface area contributed by atoms with Crippen molar-refractivity contribution in [2.75, 3.05) is 87.1 Å². The first-order valence-corrected chi connectivity index (χ1v) is 13.5. The van der Waals surface area contributed by atoms with E-state index in [1.54, 1.807) is 21.0 Å². The molecular formula is C27H49N3O10. The number of hydrogen-bond acceptors (Lipinski definition) is 9. The van der Waals surface area contributed by atoms with Crippen LogP contribution in [0, 0.1) is 5.41 Å². The zero-order valence-corrected chi connectivity index (χ0v) is 25.2. The number of amides is 3. The van der Waals surface area contributed by atoms with Crippen LogP contribution < -0.4 is 0 Å². The summed E-state index contributed by atoms with van der Waals surface area (Å²) in [7, 11) is 4.67. The van der Waals surface area contributed by atoms with Crippen LogP contribution in [0.3, 0.4) is 0 Å². The minimum Gasteiger partial charge on any atom is -0.480 e. The van der Waals surface area contributed by atoms with Crippen LogP contribution in [0.5, 0.6) is 0 Å². The van der Waals surface area contributed by atoms with Crippen molar-refractivity contribution in [3.63, 3.8) is 0 Å². The van der Waals surface area contributed by atoms with Crippen molar-refractivity contribution in [1.82, 2.24) is 14.7 Å². The van der Waals surface area contributed by atoms with Gasteiger partial charge in [-0.15, -0.1) is 0 Å². The Labute approximate surface area is 238 Å². The van der Waals surface area contributed by atoms with Crippen molar-refractivity contribution >= 4 is 29.5 Å². The summed E-state index contributed by atoms with van der Waals surface area (Å²) >= 11 is 0. The maximum Gasteiger partial charge on any atom is 0.326 e. The summed E-state index contributed by atoms with van der Waals surface area (Å²) < 4.78 is 21.5. The Balaban J connectivity index is 3.91. The SMILES string of the molecule is CCC(=O)N(C)[C@@H](CCC(=O)N(C)CCOCCOCC(=O)N(C)CCOCCOCC(=O)C(C)(C)C)C(=O)O. The summed E-state index contributed by atoms with van der Waals surface area (Å²) in [6.45, 7) is 9.47. The number of likely N-dealkylation sites (N-methyl/N-ethyl adjacent to an activating group) is 3. The van der Waals surface area contributed by atoms with E-state index in [2.05, 4.69) is 0 Å². The van der Waals surface area contributed by atoms with Crippen molar-refractivity contribution in [2.45, 2.75) is 53.0 Å². The number of carboxylic acid groups (broad SMARTS) is 1. The van der Waals surface area contributed by atoms with Crippen LogP contribution in [0.15, 0.2) is 0 Å². The lowest BCUT2D eigenvalue weighted by Crippen LogP contribution is -2.43. The average molecular weight is 576 g/mol. The molecule has 0 unspecified atom stereocenters. The predicted molar refractivity (Wildman–Crippen MR) is 147 cm³/mol. The lowest BCUT2D eigenvalue weighted by atomic mass is 9.91. The van der Waals surface area contributed by atoms with Gasteiger partial charge in [-0.2, -0.15) is 0 Å². The molecule has 3 amide bonds.